The SMILES string of the molecule is N#CCCc1ccccc1-c1ccc(Br)cc1. The number of hydrogen-bond donors (Lipinski definition) is 0. The molecule has 0 saturated heterocycles. The Balaban J connectivity index is 2.37. The average molecular weight is 286 g/mol. The van der Waals surface area contributed by atoms with E-state index >= 15 is 0 Å². The van der Waals surface area contributed by atoms with Crippen LogP contribution in [0.15, 0.2) is 53.0 Å². The van der Waals surface area contributed by atoms with Gasteiger partial charge in [-0.25, -0.2) is 0 Å². The lowest BCUT2D eigenvalue weighted by Crippen LogP contribution is -1.89. The van der Waals surface area contributed by atoms with E-state index in [0.29, 0.717) is 6.42 Å². The Kier molecular flexibility index (Phi) is 3.95. The van der Waals surface area contributed by atoms with E-state index < -0.39 is 0 Å². The van der Waals surface area contributed by atoms with Crippen LogP contribution < -0.4 is 0 Å². The van der Waals surface area contributed by atoms with Gasteiger partial charge in [-0.05, 0) is 35.2 Å². The molecule has 0 heterocycles. The first-order chi connectivity index (χ1) is 8.31. The molecule has 0 saturated carbocycles. The van der Waals surface area contributed by atoms with Crippen molar-refractivity contribution >= 4 is 15.9 Å². The van der Waals surface area contributed by atoms with Crippen molar-refractivity contribution in [1.29, 1.82) is 5.26 Å². The smallest absolute Gasteiger partial charge is 0.0625 e. The quantitative estimate of drug-likeness (QED) is 0.810. The zero-order valence-corrected chi connectivity index (χ0v) is 10.9. The molecular formula is C15H12BrN. The number of benzene rings is 2. The van der Waals surface area contributed by atoms with Gasteiger partial charge in [0.2, 0.25) is 0 Å². The maximum atomic E-state index is 8.67. The average Bonchev–Trinajstić information content (AvgIpc) is 2.38. The molecule has 1 nitrogen and oxygen atoms in total. The first kappa shape index (κ1) is 11.9. The highest BCUT2D eigenvalue weighted by Crippen LogP contribution is 2.25. The molecule has 2 heteroatoms. The van der Waals surface area contributed by atoms with Crippen LogP contribution in [0.5, 0.6) is 0 Å². The van der Waals surface area contributed by atoms with Crippen LogP contribution in [0.2, 0.25) is 0 Å². The summed E-state index contributed by atoms with van der Waals surface area (Å²) in [5.74, 6) is 0. The first-order valence-corrected chi connectivity index (χ1v) is 6.31. The van der Waals surface area contributed by atoms with Crippen LogP contribution in [0.4, 0.5) is 0 Å². The van der Waals surface area contributed by atoms with E-state index in [9.17, 15) is 0 Å². The highest BCUT2D eigenvalue weighted by Gasteiger charge is 2.03. The first-order valence-electron chi connectivity index (χ1n) is 5.52. The van der Waals surface area contributed by atoms with E-state index in [-0.39, 0.29) is 0 Å². The number of hydrogen-bond acceptors (Lipinski definition) is 1. The van der Waals surface area contributed by atoms with Crippen molar-refractivity contribution < 1.29 is 0 Å². The van der Waals surface area contributed by atoms with Crippen molar-refractivity contribution in [2.24, 2.45) is 0 Å². The molecule has 0 N–H and O–H groups in total. The Morgan fingerprint density at radius 3 is 2.41 bits per heavy atom. The minimum Gasteiger partial charge on any atom is -0.198 e. The van der Waals surface area contributed by atoms with Gasteiger partial charge in [0.05, 0.1) is 6.07 Å². The molecule has 0 aromatic heterocycles. The van der Waals surface area contributed by atoms with Crippen molar-refractivity contribution in [1.82, 2.24) is 0 Å². The molecule has 0 aliphatic rings. The second kappa shape index (κ2) is 5.65. The molecule has 2 aromatic rings. The molecule has 0 amide bonds. The van der Waals surface area contributed by atoms with Crippen LogP contribution in [0, 0.1) is 11.3 Å². The van der Waals surface area contributed by atoms with E-state index in [1.807, 2.05) is 24.3 Å². The van der Waals surface area contributed by atoms with Crippen molar-refractivity contribution in [3.05, 3.63) is 58.6 Å². The Bertz CT molecular complexity index is 538. The molecule has 0 aliphatic carbocycles. The van der Waals surface area contributed by atoms with Gasteiger partial charge in [-0.3, -0.25) is 0 Å². The lowest BCUT2D eigenvalue weighted by atomic mass is 9.97. The monoisotopic (exact) mass is 285 g/mol. The van der Waals surface area contributed by atoms with Gasteiger partial charge in [-0.1, -0.05) is 52.3 Å². The number of aryl methyl sites for hydroxylation is 1. The van der Waals surface area contributed by atoms with Gasteiger partial charge in [0.1, 0.15) is 0 Å². The number of halogens is 1. The molecule has 0 aliphatic heterocycles. The van der Waals surface area contributed by atoms with Crippen LogP contribution in [-0.4, -0.2) is 0 Å². The van der Waals surface area contributed by atoms with Crippen LogP contribution >= 0.6 is 15.9 Å². The lowest BCUT2D eigenvalue weighted by Gasteiger charge is -2.08. The zero-order valence-electron chi connectivity index (χ0n) is 9.36. The second-order valence-electron chi connectivity index (χ2n) is 3.82. The molecule has 84 valence electrons. The van der Waals surface area contributed by atoms with Crippen molar-refractivity contribution in [2.45, 2.75) is 12.8 Å². The van der Waals surface area contributed by atoms with Gasteiger partial charge in [0, 0.05) is 10.9 Å². The van der Waals surface area contributed by atoms with Crippen LogP contribution in [0.1, 0.15) is 12.0 Å². The van der Waals surface area contributed by atoms with Crippen LogP contribution in [0.3, 0.4) is 0 Å². The van der Waals surface area contributed by atoms with E-state index in [4.69, 9.17) is 5.26 Å². The summed E-state index contributed by atoms with van der Waals surface area (Å²) in [7, 11) is 0. The van der Waals surface area contributed by atoms with Gasteiger partial charge in [-0.2, -0.15) is 5.26 Å². The minimum absolute atomic E-state index is 0.563. The molecule has 0 bridgehead atoms. The van der Waals surface area contributed by atoms with Crippen molar-refractivity contribution in [3.63, 3.8) is 0 Å². The predicted molar refractivity (Wildman–Crippen MR) is 73.5 cm³/mol. The molecule has 17 heavy (non-hydrogen) atoms. The van der Waals surface area contributed by atoms with Crippen LogP contribution in [0.25, 0.3) is 11.1 Å². The lowest BCUT2D eigenvalue weighted by molar-refractivity contribution is 1.01. The molecule has 2 aromatic carbocycles. The number of rotatable bonds is 3. The number of nitriles is 1. The van der Waals surface area contributed by atoms with Crippen molar-refractivity contribution in [2.75, 3.05) is 0 Å². The third kappa shape index (κ3) is 2.95. The summed E-state index contributed by atoms with van der Waals surface area (Å²) < 4.78 is 1.08. The maximum absolute atomic E-state index is 8.67. The Morgan fingerprint density at radius 2 is 1.71 bits per heavy atom. The predicted octanol–water partition coefficient (Wildman–Crippen LogP) is 4.57. The molecule has 2 rings (SSSR count). The fourth-order valence-corrected chi connectivity index (χ4v) is 2.10. The van der Waals surface area contributed by atoms with Crippen LogP contribution in [-0.2, 0) is 6.42 Å². The minimum atomic E-state index is 0.563. The van der Waals surface area contributed by atoms with Crippen molar-refractivity contribution in [3.8, 4) is 17.2 Å². The van der Waals surface area contributed by atoms with Gasteiger partial charge in [0.15, 0.2) is 0 Å². The van der Waals surface area contributed by atoms with E-state index in [0.717, 1.165) is 10.9 Å². The zero-order chi connectivity index (χ0) is 12.1. The highest BCUT2D eigenvalue weighted by molar-refractivity contribution is 9.10. The fraction of sp³-hybridized carbons (Fsp3) is 0.133. The Labute approximate surface area is 110 Å². The molecule has 0 fully saturated rings. The standard InChI is InChI=1S/C15H12BrN/c16-14-9-7-13(8-10-14)15-6-2-1-4-12(15)5-3-11-17/h1-2,4,6-10H,3,5H2. The summed E-state index contributed by atoms with van der Waals surface area (Å²) >= 11 is 3.44. The third-order valence-corrected chi connectivity index (χ3v) is 3.21. The normalized spacial score (nSPS) is 9.88. The second-order valence-corrected chi connectivity index (χ2v) is 4.74. The topological polar surface area (TPSA) is 23.8 Å². The summed E-state index contributed by atoms with van der Waals surface area (Å²) in [6.07, 6.45) is 1.37. The maximum Gasteiger partial charge on any atom is 0.0625 e. The molecular weight excluding hydrogens is 274 g/mol. The molecule has 0 spiro atoms. The summed E-state index contributed by atoms with van der Waals surface area (Å²) in [4.78, 5) is 0. The van der Waals surface area contributed by atoms with Gasteiger partial charge < -0.3 is 0 Å². The summed E-state index contributed by atoms with van der Waals surface area (Å²) in [5, 5.41) is 8.67. The Hall–Kier alpha value is -1.59. The molecule has 0 unspecified atom stereocenters. The summed E-state index contributed by atoms with van der Waals surface area (Å²) in [6.45, 7) is 0. The largest absolute Gasteiger partial charge is 0.198 e. The summed E-state index contributed by atoms with van der Waals surface area (Å²) in [5.41, 5.74) is 3.65. The van der Waals surface area contributed by atoms with E-state index in [1.54, 1.807) is 0 Å². The molecule has 0 radical (unpaired) electrons. The van der Waals surface area contributed by atoms with E-state index in [2.05, 4.69) is 46.3 Å². The fourth-order valence-electron chi connectivity index (χ4n) is 1.84. The highest BCUT2D eigenvalue weighted by atomic mass is 79.9. The summed E-state index contributed by atoms with van der Waals surface area (Å²) in [6, 6.07) is 18.7. The van der Waals surface area contributed by atoms with Gasteiger partial charge in [-0.15, -0.1) is 0 Å². The number of nitrogens with zero attached hydrogens (tertiary/aromatic N) is 1. The Morgan fingerprint density at radius 1 is 1.00 bits per heavy atom. The van der Waals surface area contributed by atoms with Gasteiger partial charge >= 0.3 is 0 Å². The van der Waals surface area contributed by atoms with Gasteiger partial charge in [0.25, 0.3) is 0 Å². The van der Waals surface area contributed by atoms with E-state index in [1.165, 1.54) is 16.7 Å². The third-order valence-electron chi connectivity index (χ3n) is 2.68. The molecule has 0 atom stereocenters.